The van der Waals surface area contributed by atoms with E-state index in [4.69, 9.17) is 0 Å². The van der Waals surface area contributed by atoms with Gasteiger partial charge in [0.2, 0.25) is 0 Å². The lowest BCUT2D eigenvalue weighted by Crippen LogP contribution is -2.37. The summed E-state index contributed by atoms with van der Waals surface area (Å²) >= 11 is 1.79. The predicted molar refractivity (Wildman–Crippen MR) is 71.5 cm³/mol. The topological polar surface area (TPSA) is 19.4 Å². The number of thiazole rings is 1. The van der Waals surface area contributed by atoms with E-state index in [1.54, 1.807) is 11.3 Å². The van der Waals surface area contributed by atoms with E-state index < -0.39 is 0 Å². The highest BCUT2D eigenvalue weighted by molar-refractivity contribution is 7.09. The molecule has 17 heavy (non-hydrogen) atoms. The Morgan fingerprint density at radius 3 is 3.12 bits per heavy atom. The van der Waals surface area contributed by atoms with Crippen LogP contribution in [-0.2, 0) is 6.42 Å². The summed E-state index contributed by atoms with van der Waals surface area (Å²) in [6.07, 6.45) is 7.21. The molecular weight excluding hydrogens is 230 g/mol. The summed E-state index contributed by atoms with van der Waals surface area (Å²) in [5, 5.41) is 3.37. The van der Waals surface area contributed by atoms with Crippen molar-refractivity contribution in [1.29, 1.82) is 0 Å². The van der Waals surface area contributed by atoms with Crippen LogP contribution < -0.4 is 0 Å². The fraction of sp³-hybridized carbons (Fsp3) is 0.769. The third kappa shape index (κ3) is 2.87. The number of hydrogen-bond acceptors (Lipinski definition) is 4. The molecule has 0 amide bonds. The average molecular weight is 251 g/mol. The smallest absolute Gasteiger partial charge is 0.0937 e. The van der Waals surface area contributed by atoms with E-state index in [1.165, 1.54) is 57.0 Å². The molecule has 3 nitrogen and oxygen atoms in total. The highest BCUT2D eigenvalue weighted by Crippen LogP contribution is 2.21. The van der Waals surface area contributed by atoms with Gasteiger partial charge in [-0.2, -0.15) is 0 Å². The molecule has 1 aromatic heterocycles. The molecule has 0 saturated carbocycles. The number of nitrogens with zero attached hydrogens (tertiary/aromatic N) is 3. The number of fused-ring (bicyclic) bond motifs is 1. The van der Waals surface area contributed by atoms with Crippen molar-refractivity contribution in [3.8, 4) is 0 Å². The molecule has 0 radical (unpaired) electrons. The molecule has 0 aromatic carbocycles. The number of hydrogen-bond donors (Lipinski definition) is 0. The van der Waals surface area contributed by atoms with Gasteiger partial charge in [0.25, 0.3) is 0 Å². The maximum absolute atomic E-state index is 4.37. The molecule has 94 valence electrons. The number of aromatic nitrogens is 1. The molecule has 3 rings (SSSR count). The molecule has 1 aromatic rings. The van der Waals surface area contributed by atoms with Crippen molar-refractivity contribution in [2.75, 3.05) is 32.7 Å². The van der Waals surface area contributed by atoms with E-state index in [9.17, 15) is 0 Å². The van der Waals surface area contributed by atoms with E-state index >= 15 is 0 Å². The molecule has 2 aliphatic heterocycles. The van der Waals surface area contributed by atoms with Crippen LogP contribution in [0.5, 0.6) is 0 Å². The molecular formula is C13H21N3S. The molecule has 1 unspecified atom stereocenters. The minimum Gasteiger partial charge on any atom is -0.301 e. The normalized spacial score (nSPS) is 26.9. The zero-order chi connectivity index (χ0) is 11.5. The zero-order valence-corrected chi connectivity index (χ0v) is 11.2. The van der Waals surface area contributed by atoms with Crippen molar-refractivity contribution < 1.29 is 0 Å². The fourth-order valence-corrected chi connectivity index (χ4v) is 3.73. The van der Waals surface area contributed by atoms with E-state index in [0.717, 1.165) is 12.5 Å². The van der Waals surface area contributed by atoms with Crippen molar-refractivity contribution in [3.63, 3.8) is 0 Å². The van der Waals surface area contributed by atoms with Crippen molar-refractivity contribution in [2.45, 2.75) is 31.7 Å². The molecule has 1 atom stereocenters. The first-order chi connectivity index (χ1) is 8.42. The van der Waals surface area contributed by atoms with Gasteiger partial charge in [0, 0.05) is 37.1 Å². The third-order valence-corrected chi connectivity index (χ3v) is 4.85. The van der Waals surface area contributed by atoms with Crippen molar-refractivity contribution in [3.05, 3.63) is 16.6 Å². The minimum atomic E-state index is 0.841. The van der Waals surface area contributed by atoms with Gasteiger partial charge in [-0.25, -0.2) is 4.98 Å². The molecule has 4 heteroatoms. The Morgan fingerprint density at radius 2 is 2.24 bits per heavy atom. The Bertz CT molecular complexity index is 338. The lowest BCUT2D eigenvalue weighted by atomic mass is 10.2. The second-order valence-electron chi connectivity index (χ2n) is 5.16. The van der Waals surface area contributed by atoms with Gasteiger partial charge in [-0.05, 0) is 38.9 Å². The van der Waals surface area contributed by atoms with Crippen LogP contribution in [0.2, 0.25) is 0 Å². The van der Waals surface area contributed by atoms with Gasteiger partial charge in [-0.3, -0.25) is 4.90 Å². The van der Waals surface area contributed by atoms with E-state index in [2.05, 4.69) is 20.2 Å². The predicted octanol–water partition coefficient (Wildman–Crippen LogP) is 1.86. The van der Waals surface area contributed by atoms with Gasteiger partial charge < -0.3 is 4.90 Å². The van der Waals surface area contributed by atoms with Crippen LogP contribution in [0, 0.1) is 0 Å². The summed E-state index contributed by atoms with van der Waals surface area (Å²) in [4.78, 5) is 9.72. The Labute approximate surface area is 107 Å². The van der Waals surface area contributed by atoms with Crippen molar-refractivity contribution in [1.82, 2.24) is 14.8 Å². The van der Waals surface area contributed by atoms with Gasteiger partial charge in [-0.15, -0.1) is 11.3 Å². The summed E-state index contributed by atoms with van der Waals surface area (Å²) in [6, 6.07) is 0.841. The fourth-order valence-electron chi connectivity index (χ4n) is 3.12. The van der Waals surface area contributed by atoms with Gasteiger partial charge >= 0.3 is 0 Å². The first kappa shape index (κ1) is 11.6. The number of rotatable bonds is 3. The summed E-state index contributed by atoms with van der Waals surface area (Å²) in [6.45, 7) is 6.41. The Hall–Kier alpha value is -0.450. The standard InChI is InChI=1S/C13H21N3S/c1-3-12-11-15(6-2-8-16(12)7-1)9-4-13-14-5-10-17-13/h5,10,12H,1-4,6-9,11H2. The van der Waals surface area contributed by atoms with Crippen LogP contribution in [0.4, 0.5) is 0 Å². The van der Waals surface area contributed by atoms with Gasteiger partial charge in [0.05, 0.1) is 5.01 Å². The Balaban J connectivity index is 1.52. The van der Waals surface area contributed by atoms with Gasteiger partial charge in [0.1, 0.15) is 0 Å². The van der Waals surface area contributed by atoms with E-state index in [-0.39, 0.29) is 0 Å². The zero-order valence-electron chi connectivity index (χ0n) is 10.3. The highest BCUT2D eigenvalue weighted by Gasteiger charge is 2.28. The van der Waals surface area contributed by atoms with Crippen molar-refractivity contribution in [2.24, 2.45) is 0 Å². The summed E-state index contributed by atoms with van der Waals surface area (Å²) in [5.74, 6) is 0. The van der Waals surface area contributed by atoms with Crippen LogP contribution in [-0.4, -0.2) is 53.5 Å². The van der Waals surface area contributed by atoms with Crippen LogP contribution in [0.15, 0.2) is 11.6 Å². The second-order valence-corrected chi connectivity index (χ2v) is 6.14. The molecule has 0 N–H and O–H groups in total. The first-order valence-electron chi connectivity index (χ1n) is 6.76. The average Bonchev–Trinajstić information content (AvgIpc) is 2.95. The largest absolute Gasteiger partial charge is 0.301 e. The van der Waals surface area contributed by atoms with E-state index in [0.29, 0.717) is 0 Å². The third-order valence-electron chi connectivity index (χ3n) is 4.01. The Kier molecular flexibility index (Phi) is 3.74. The van der Waals surface area contributed by atoms with Crippen LogP contribution in [0.1, 0.15) is 24.3 Å². The quantitative estimate of drug-likeness (QED) is 0.817. The van der Waals surface area contributed by atoms with Crippen LogP contribution in [0.3, 0.4) is 0 Å². The summed E-state index contributed by atoms with van der Waals surface area (Å²) in [5.41, 5.74) is 0. The molecule has 0 bridgehead atoms. The monoisotopic (exact) mass is 251 g/mol. The summed E-state index contributed by atoms with van der Waals surface area (Å²) in [7, 11) is 0. The Morgan fingerprint density at radius 1 is 1.29 bits per heavy atom. The second kappa shape index (κ2) is 5.46. The minimum absolute atomic E-state index is 0.841. The van der Waals surface area contributed by atoms with Crippen LogP contribution >= 0.6 is 11.3 Å². The van der Waals surface area contributed by atoms with E-state index in [1.807, 2.05) is 6.20 Å². The molecule has 3 heterocycles. The first-order valence-corrected chi connectivity index (χ1v) is 7.64. The van der Waals surface area contributed by atoms with Gasteiger partial charge in [-0.1, -0.05) is 0 Å². The van der Waals surface area contributed by atoms with Gasteiger partial charge in [0.15, 0.2) is 0 Å². The SMILES string of the molecule is c1csc(CCN2CCCN3CCCC3C2)n1. The lowest BCUT2D eigenvalue weighted by Gasteiger charge is -2.25. The maximum Gasteiger partial charge on any atom is 0.0937 e. The van der Waals surface area contributed by atoms with Crippen molar-refractivity contribution >= 4 is 11.3 Å². The molecule has 2 fully saturated rings. The summed E-state index contributed by atoms with van der Waals surface area (Å²) < 4.78 is 0. The molecule has 0 spiro atoms. The molecule has 2 saturated heterocycles. The lowest BCUT2D eigenvalue weighted by molar-refractivity contribution is 0.221. The highest BCUT2D eigenvalue weighted by atomic mass is 32.1. The maximum atomic E-state index is 4.37. The molecule has 2 aliphatic rings. The molecule has 0 aliphatic carbocycles. The van der Waals surface area contributed by atoms with Crippen LogP contribution in [0.25, 0.3) is 0 Å².